The van der Waals surface area contributed by atoms with Gasteiger partial charge in [-0.2, -0.15) is 0 Å². The first-order chi connectivity index (χ1) is 10.6. The highest BCUT2D eigenvalue weighted by Crippen LogP contribution is 2.40. The summed E-state index contributed by atoms with van der Waals surface area (Å²) in [7, 11) is 2.11. The van der Waals surface area contributed by atoms with E-state index < -0.39 is 0 Å². The topological polar surface area (TPSA) is 58.8 Å². The molecular formula is C16H23N3O3. The number of oxazole rings is 1. The number of aromatic nitrogens is 1. The van der Waals surface area contributed by atoms with Crippen molar-refractivity contribution in [1.29, 1.82) is 0 Å². The average molecular weight is 305 g/mol. The zero-order valence-corrected chi connectivity index (χ0v) is 13.2. The molecule has 3 heterocycles. The van der Waals surface area contributed by atoms with Crippen LogP contribution in [0.2, 0.25) is 0 Å². The Kier molecular flexibility index (Phi) is 3.46. The van der Waals surface area contributed by atoms with E-state index in [2.05, 4.69) is 16.9 Å². The maximum Gasteiger partial charge on any atom is 0.291 e. The normalized spacial score (nSPS) is 29.5. The van der Waals surface area contributed by atoms with Gasteiger partial charge in [-0.3, -0.25) is 9.69 Å². The fraction of sp³-hybridized carbons (Fsp3) is 0.750. The lowest BCUT2D eigenvalue weighted by Gasteiger charge is -2.45. The van der Waals surface area contributed by atoms with E-state index >= 15 is 0 Å². The van der Waals surface area contributed by atoms with E-state index in [1.165, 1.54) is 0 Å². The fourth-order valence-electron chi connectivity index (χ4n) is 3.49. The first-order valence-electron chi connectivity index (χ1n) is 8.22. The predicted octanol–water partition coefficient (Wildman–Crippen LogP) is 1.41. The Morgan fingerprint density at radius 1 is 1.27 bits per heavy atom. The molecule has 0 spiro atoms. The monoisotopic (exact) mass is 305 g/mol. The number of hydrogen-bond acceptors (Lipinski definition) is 5. The van der Waals surface area contributed by atoms with Gasteiger partial charge in [-0.25, -0.2) is 4.98 Å². The van der Waals surface area contributed by atoms with Gasteiger partial charge >= 0.3 is 0 Å². The van der Waals surface area contributed by atoms with Crippen molar-refractivity contribution in [2.24, 2.45) is 0 Å². The standard InChI is InChI=1S/C16H23N3O3/c1-10-14(22-15(17-10)11-3-4-11)16(20)19-6-5-13-12(9-19)18(2)7-8-21-13/h11-13H,3-9H2,1-2H3/t12-,13-/m1/s1. The summed E-state index contributed by atoms with van der Waals surface area (Å²) in [5.74, 6) is 1.59. The van der Waals surface area contributed by atoms with Gasteiger partial charge in [-0.15, -0.1) is 0 Å². The highest BCUT2D eigenvalue weighted by Gasteiger charge is 2.39. The van der Waals surface area contributed by atoms with E-state index in [0.29, 0.717) is 18.2 Å². The van der Waals surface area contributed by atoms with Gasteiger partial charge < -0.3 is 14.1 Å². The Balaban J connectivity index is 1.50. The van der Waals surface area contributed by atoms with Gasteiger partial charge in [0, 0.05) is 25.6 Å². The zero-order chi connectivity index (χ0) is 15.3. The molecule has 0 aromatic carbocycles. The van der Waals surface area contributed by atoms with Gasteiger partial charge in [0.1, 0.15) is 0 Å². The van der Waals surface area contributed by atoms with Crippen LogP contribution in [0.5, 0.6) is 0 Å². The van der Waals surface area contributed by atoms with Gasteiger partial charge in [-0.05, 0) is 33.2 Å². The highest BCUT2D eigenvalue weighted by atomic mass is 16.5. The van der Waals surface area contributed by atoms with Gasteiger partial charge in [-0.1, -0.05) is 0 Å². The van der Waals surface area contributed by atoms with Crippen LogP contribution in [-0.2, 0) is 4.74 Å². The summed E-state index contributed by atoms with van der Waals surface area (Å²) in [5, 5.41) is 0. The molecule has 0 bridgehead atoms. The number of aryl methyl sites for hydroxylation is 1. The number of fused-ring (bicyclic) bond motifs is 1. The van der Waals surface area contributed by atoms with Crippen LogP contribution in [0, 0.1) is 6.92 Å². The molecule has 22 heavy (non-hydrogen) atoms. The minimum Gasteiger partial charge on any atom is -0.435 e. The Morgan fingerprint density at radius 3 is 2.86 bits per heavy atom. The van der Waals surface area contributed by atoms with Crippen molar-refractivity contribution in [3.05, 3.63) is 17.3 Å². The van der Waals surface area contributed by atoms with Crippen LogP contribution in [-0.4, -0.2) is 66.1 Å². The number of rotatable bonds is 2. The zero-order valence-electron chi connectivity index (χ0n) is 13.2. The summed E-state index contributed by atoms with van der Waals surface area (Å²) in [6, 6.07) is 0.289. The lowest BCUT2D eigenvalue weighted by Crippen LogP contribution is -2.59. The Bertz CT molecular complexity index is 581. The number of amides is 1. The average Bonchev–Trinajstić information content (AvgIpc) is 3.30. The number of carbonyl (C=O) groups excluding carboxylic acids is 1. The maximum absolute atomic E-state index is 12.8. The second-order valence-electron chi connectivity index (χ2n) is 6.74. The van der Waals surface area contributed by atoms with Crippen LogP contribution < -0.4 is 0 Å². The van der Waals surface area contributed by atoms with Gasteiger partial charge in [0.2, 0.25) is 5.76 Å². The van der Waals surface area contributed by atoms with E-state index in [9.17, 15) is 4.79 Å². The van der Waals surface area contributed by atoms with Crippen LogP contribution >= 0.6 is 0 Å². The molecule has 1 saturated carbocycles. The summed E-state index contributed by atoms with van der Waals surface area (Å²) in [6.07, 6.45) is 3.40. The SMILES string of the molecule is Cc1nc(C2CC2)oc1C(=O)N1CC[C@H]2OCCN(C)[C@@H]2C1. The van der Waals surface area contributed by atoms with Crippen molar-refractivity contribution in [3.63, 3.8) is 0 Å². The highest BCUT2D eigenvalue weighted by molar-refractivity contribution is 5.92. The van der Waals surface area contributed by atoms with E-state index in [1.807, 2.05) is 11.8 Å². The van der Waals surface area contributed by atoms with Gasteiger partial charge in [0.15, 0.2) is 5.89 Å². The van der Waals surface area contributed by atoms with E-state index in [1.54, 1.807) is 0 Å². The second-order valence-corrected chi connectivity index (χ2v) is 6.74. The quantitative estimate of drug-likeness (QED) is 0.827. The number of piperidine rings is 1. The largest absolute Gasteiger partial charge is 0.435 e. The molecule has 1 aromatic rings. The molecule has 3 fully saturated rings. The van der Waals surface area contributed by atoms with Crippen molar-refractivity contribution in [3.8, 4) is 0 Å². The summed E-state index contributed by atoms with van der Waals surface area (Å²) in [4.78, 5) is 21.4. The van der Waals surface area contributed by atoms with Crippen LogP contribution in [0.1, 0.15) is 47.3 Å². The second kappa shape index (κ2) is 5.35. The smallest absolute Gasteiger partial charge is 0.291 e. The molecule has 2 aliphatic heterocycles. The molecule has 120 valence electrons. The molecular weight excluding hydrogens is 282 g/mol. The fourth-order valence-corrected chi connectivity index (χ4v) is 3.49. The molecule has 0 radical (unpaired) electrons. The number of likely N-dealkylation sites (N-methyl/N-ethyl adjacent to an activating group) is 1. The number of hydrogen-bond donors (Lipinski definition) is 0. The van der Waals surface area contributed by atoms with Crippen molar-refractivity contribution in [2.75, 3.05) is 33.3 Å². The maximum atomic E-state index is 12.8. The third-order valence-electron chi connectivity index (χ3n) is 5.08. The molecule has 1 amide bonds. The first kappa shape index (κ1) is 14.2. The number of ether oxygens (including phenoxy) is 1. The van der Waals surface area contributed by atoms with Crippen LogP contribution in [0.3, 0.4) is 0 Å². The third-order valence-corrected chi connectivity index (χ3v) is 5.08. The van der Waals surface area contributed by atoms with Crippen LogP contribution in [0.15, 0.2) is 4.42 Å². The Labute approximate surface area is 130 Å². The molecule has 0 N–H and O–H groups in total. The van der Waals surface area contributed by atoms with E-state index in [-0.39, 0.29) is 18.1 Å². The molecule has 6 heteroatoms. The minimum absolute atomic E-state index is 0.0191. The summed E-state index contributed by atoms with van der Waals surface area (Å²) in [5.41, 5.74) is 0.724. The molecule has 6 nitrogen and oxygen atoms in total. The van der Waals surface area contributed by atoms with E-state index in [4.69, 9.17) is 9.15 Å². The van der Waals surface area contributed by atoms with Crippen molar-refractivity contribution < 1.29 is 13.9 Å². The van der Waals surface area contributed by atoms with Crippen molar-refractivity contribution >= 4 is 5.91 Å². The van der Waals surface area contributed by atoms with Gasteiger partial charge in [0.25, 0.3) is 5.91 Å². The van der Waals surface area contributed by atoms with E-state index in [0.717, 1.165) is 50.5 Å². The van der Waals surface area contributed by atoms with Crippen LogP contribution in [0.25, 0.3) is 0 Å². The van der Waals surface area contributed by atoms with Gasteiger partial charge in [0.05, 0.1) is 24.4 Å². The predicted molar refractivity (Wildman–Crippen MR) is 79.9 cm³/mol. The number of nitrogens with zero attached hydrogens (tertiary/aromatic N) is 3. The molecule has 1 aliphatic carbocycles. The van der Waals surface area contributed by atoms with Crippen LogP contribution in [0.4, 0.5) is 0 Å². The Morgan fingerprint density at radius 2 is 2.09 bits per heavy atom. The number of carbonyl (C=O) groups is 1. The lowest BCUT2D eigenvalue weighted by molar-refractivity contribution is -0.0896. The summed E-state index contributed by atoms with van der Waals surface area (Å²) in [6.45, 7) is 5.02. The molecule has 3 aliphatic rings. The molecule has 0 unspecified atom stereocenters. The van der Waals surface area contributed by atoms with Crippen molar-refractivity contribution in [2.45, 2.75) is 44.2 Å². The lowest BCUT2D eigenvalue weighted by atomic mass is 9.99. The molecule has 2 atom stereocenters. The molecule has 2 saturated heterocycles. The number of likely N-dealkylation sites (tertiary alicyclic amines) is 1. The first-order valence-corrected chi connectivity index (χ1v) is 8.22. The molecule has 1 aromatic heterocycles. The molecule has 4 rings (SSSR count). The minimum atomic E-state index is -0.0191. The Hall–Kier alpha value is -1.40. The van der Waals surface area contributed by atoms with Crippen molar-refractivity contribution in [1.82, 2.24) is 14.8 Å². The third kappa shape index (κ3) is 2.44. The summed E-state index contributed by atoms with van der Waals surface area (Å²) < 4.78 is 11.6. The summed E-state index contributed by atoms with van der Waals surface area (Å²) >= 11 is 0. The number of morpholine rings is 1.